The van der Waals surface area contributed by atoms with Gasteiger partial charge in [-0.2, -0.15) is 0 Å². The number of benzene rings is 3. The predicted molar refractivity (Wildman–Crippen MR) is 176 cm³/mol. The fourth-order valence-electron chi connectivity index (χ4n) is 4.66. The van der Waals surface area contributed by atoms with Gasteiger partial charge in [-0.25, -0.2) is 9.79 Å². The SMILES string of the molecule is CCOC(=O)C1=C(C)N=c2s/c(=C\c3cc(I)cc(OC)c3OCc3ccc(Br)cc3)c(=O)n2[C@H]1c1ccccc1Cl. The van der Waals surface area contributed by atoms with E-state index in [1.807, 2.05) is 42.5 Å². The van der Waals surface area contributed by atoms with Crippen molar-refractivity contribution in [3.05, 3.63) is 121 Å². The van der Waals surface area contributed by atoms with Gasteiger partial charge >= 0.3 is 5.97 Å². The molecule has 1 aliphatic heterocycles. The van der Waals surface area contributed by atoms with Crippen LogP contribution in [0.1, 0.15) is 36.6 Å². The molecule has 5 rings (SSSR count). The highest BCUT2D eigenvalue weighted by molar-refractivity contribution is 14.1. The van der Waals surface area contributed by atoms with Crippen molar-refractivity contribution in [3.63, 3.8) is 0 Å². The number of hydrogen-bond acceptors (Lipinski definition) is 7. The number of nitrogens with zero attached hydrogens (tertiary/aromatic N) is 2. The van der Waals surface area contributed by atoms with Crippen LogP contribution < -0.4 is 24.4 Å². The maximum Gasteiger partial charge on any atom is 0.338 e. The Bertz CT molecular complexity index is 1880. The average molecular weight is 780 g/mol. The normalized spacial score (nSPS) is 14.8. The highest BCUT2D eigenvalue weighted by Crippen LogP contribution is 2.36. The van der Waals surface area contributed by atoms with Gasteiger partial charge < -0.3 is 14.2 Å². The van der Waals surface area contributed by atoms with Crippen molar-refractivity contribution in [2.24, 2.45) is 4.99 Å². The molecule has 1 atom stereocenters. The number of aromatic nitrogens is 1. The van der Waals surface area contributed by atoms with Crippen molar-refractivity contribution in [1.82, 2.24) is 4.57 Å². The summed E-state index contributed by atoms with van der Waals surface area (Å²) in [5.41, 5.74) is 2.70. The van der Waals surface area contributed by atoms with E-state index in [0.29, 0.717) is 49.3 Å². The first-order valence-corrected chi connectivity index (χ1v) is 16.0. The van der Waals surface area contributed by atoms with E-state index in [2.05, 4.69) is 43.5 Å². The summed E-state index contributed by atoms with van der Waals surface area (Å²) in [6.45, 7) is 3.97. The third kappa shape index (κ3) is 6.22. The minimum absolute atomic E-state index is 0.187. The third-order valence-corrected chi connectivity index (χ3v) is 9.05. The number of carbonyl (C=O) groups excluding carboxylic acids is 1. The Kier molecular flexibility index (Phi) is 9.56. The van der Waals surface area contributed by atoms with Crippen LogP contribution in [0.25, 0.3) is 6.08 Å². The zero-order valence-corrected chi connectivity index (χ0v) is 28.1. The van der Waals surface area contributed by atoms with Gasteiger partial charge in [-0.3, -0.25) is 9.36 Å². The van der Waals surface area contributed by atoms with E-state index in [-0.39, 0.29) is 17.7 Å². The van der Waals surface area contributed by atoms with E-state index in [0.717, 1.165) is 13.6 Å². The number of hydrogen-bond donors (Lipinski definition) is 0. The van der Waals surface area contributed by atoms with Crippen LogP contribution in [0.15, 0.2) is 86.2 Å². The summed E-state index contributed by atoms with van der Waals surface area (Å²) in [4.78, 5) is 32.3. The second kappa shape index (κ2) is 13.2. The molecule has 216 valence electrons. The monoisotopic (exact) mass is 778 g/mol. The molecule has 0 N–H and O–H groups in total. The van der Waals surface area contributed by atoms with E-state index in [4.69, 9.17) is 25.8 Å². The summed E-state index contributed by atoms with van der Waals surface area (Å²) in [5, 5.41) is 0.430. The largest absolute Gasteiger partial charge is 0.493 e. The van der Waals surface area contributed by atoms with Gasteiger partial charge in [-0.05, 0) is 84.0 Å². The summed E-state index contributed by atoms with van der Waals surface area (Å²) in [7, 11) is 1.58. The maximum atomic E-state index is 14.1. The fourth-order valence-corrected chi connectivity index (χ4v) is 6.82. The molecule has 11 heteroatoms. The molecular formula is C31H25BrClIN2O5S. The average Bonchev–Trinajstić information content (AvgIpc) is 3.26. The number of ether oxygens (including phenoxy) is 3. The first-order chi connectivity index (χ1) is 20.2. The van der Waals surface area contributed by atoms with Crippen LogP contribution in [0, 0.1) is 3.57 Å². The molecule has 1 aliphatic rings. The van der Waals surface area contributed by atoms with Crippen molar-refractivity contribution in [3.8, 4) is 11.5 Å². The van der Waals surface area contributed by atoms with Crippen LogP contribution in [0.5, 0.6) is 11.5 Å². The number of carbonyl (C=O) groups is 1. The second-order valence-electron chi connectivity index (χ2n) is 9.27. The Balaban J connectivity index is 1.67. The zero-order chi connectivity index (χ0) is 30.0. The zero-order valence-electron chi connectivity index (χ0n) is 22.8. The number of esters is 1. The minimum atomic E-state index is -0.797. The molecule has 7 nitrogen and oxygen atoms in total. The minimum Gasteiger partial charge on any atom is -0.493 e. The first kappa shape index (κ1) is 30.5. The molecule has 2 heterocycles. The molecule has 0 saturated heterocycles. The Morgan fingerprint density at radius 1 is 1.19 bits per heavy atom. The molecule has 0 spiro atoms. The molecule has 0 amide bonds. The number of methoxy groups -OCH3 is 1. The molecule has 0 aliphatic carbocycles. The van der Waals surface area contributed by atoms with Gasteiger partial charge in [0.1, 0.15) is 12.6 Å². The van der Waals surface area contributed by atoms with Gasteiger partial charge in [0, 0.05) is 18.6 Å². The lowest BCUT2D eigenvalue weighted by Crippen LogP contribution is -2.40. The summed E-state index contributed by atoms with van der Waals surface area (Å²) < 4.78 is 21.1. The fraction of sp³-hybridized carbons (Fsp3) is 0.194. The lowest BCUT2D eigenvalue weighted by Gasteiger charge is -2.25. The first-order valence-electron chi connectivity index (χ1n) is 12.9. The van der Waals surface area contributed by atoms with Gasteiger partial charge in [0.15, 0.2) is 16.3 Å². The number of allylic oxidation sites excluding steroid dienone is 1. The molecule has 0 unspecified atom stereocenters. The molecular weight excluding hydrogens is 755 g/mol. The highest BCUT2D eigenvalue weighted by Gasteiger charge is 2.34. The van der Waals surface area contributed by atoms with Crippen LogP contribution in [0.2, 0.25) is 5.02 Å². The lowest BCUT2D eigenvalue weighted by atomic mass is 9.96. The van der Waals surface area contributed by atoms with E-state index in [1.54, 1.807) is 45.2 Å². The standard InChI is InChI=1S/C31H25BrClIN2O5S/c1-4-40-30(38)26-17(2)35-31-36(27(26)22-7-5-6-8-23(22)33)29(37)25(42-31)14-19-13-21(34)15-24(39-3)28(19)41-16-18-9-11-20(32)12-10-18/h5-15,27H,4,16H2,1-3H3/b25-14-/t27-/m0/s1. The quantitative estimate of drug-likeness (QED) is 0.153. The summed E-state index contributed by atoms with van der Waals surface area (Å²) in [5.74, 6) is 0.522. The molecule has 0 fully saturated rings. The third-order valence-electron chi connectivity index (χ3n) is 6.57. The Morgan fingerprint density at radius 2 is 1.93 bits per heavy atom. The second-order valence-corrected chi connectivity index (χ2v) is 12.8. The summed E-state index contributed by atoms with van der Waals surface area (Å²) in [6.07, 6.45) is 1.78. The number of thiazole rings is 1. The van der Waals surface area contributed by atoms with Crippen LogP contribution >= 0.6 is 61.5 Å². The number of halogens is 3. The van der Waals surface area contributed by atoms with E-state index in [9.17, 15) is 9.59 Å². The van der Waals surface area contributed by atoms with E-state index < -0.39 is 12.0 Å². The maximum absolute atomic E-state index is 14.1. The molecule has 0 bridgehead atoms. The Labute approximate surface area is 273 Å². The molecule has 42 heavy (non-hydrogen) atoms. The van der Waals surface area contributed by atoms with Crippen molar-refractivity contribution in [2.75, 3.05) is 13.7 Å². The van der Waals surface area contributed by atoms with E-state index >= 15 is 0 Å². The van der Waals surface area contributed by atoms with Crippen LogP contribution in [-0.2, 0) is 16.1 Å². The van der Waals surface area contributed by atoms with Gasteiger partial charge in [0.05, 0.1) is 29.5 Å². The van der Waals surface area contributed by atoms with Crippen molar-refractivity contribution in [2.45, 2.75) is 26.5 Å². The van der Waals surface area contributed by atoms with Gasteiger partial charge in [0.2, 0.25) is 0 Å². The molecule has 3 aromatic carbocycles. The lowest BCUT2D eigenvalue weighted by molar-refractivity contribution is -0.139. The van der Waals surface area contributed by atoms with Gasteiger partial charge in [-0.1, -0.05) is 69.2 Å². The summed E-state index contributed by atoms with van der Waals surface area (Å²) in [6, 6.07) is 18.0. The van der Waals surface area contributed by atoms with E-state index in [1.165, 1.54) is 15.9 Å². The molecule has 4 aromatic rings. The Hall–Kier alpha value is -2.93. The van der Waals surface area contributed by atoms with Crippen molar-refractivity contribution < 1.29 is 19.0 Å². The van der Waals surface area contributed by atoms with Crippen molar-refractivity contribution in [1.29, 1.82) is 0 Å². The topological polar surface area (TPSA) is 79.1 Å². The van der Waals surface area contributed by atoms with Gasteiger partial charge in [0.25, 0.3) is 5.56 Å². The van der Waals surface area contributed by atoms with Crippen LogP contribution in [0.3, 0.4) is 0 Å². The molecule has 0 saturated carbocycles. The molecule has 1 aromatic heterocycles. The van der Waals surface area contributed by atoms with Crippen molar-refractivity contribution >= 4 is 73.5 Å². The highest BCUT2D eigenvalue weighted by atomic mass is 127. The smallest absolute Gasteiger partial charge is 0.338 e. The molecule has 0 radical (unpaired) electrons. The van der Waals surface area contributed by atoms with Crippen LogP contribution in [-0.4, -0.2) is 24.3 Å². The predicted octanol–water partition coefficient (Wildman–Crippen LogP) is 6.41. The Morgan fingerprint density at radius 3 is 2.62 bits per heavy atom. The van der Waals surface area contributed by atoms with Gasteiger partial charge in [-0.15, -0.1) is 0 Å². The summed E-state index contributed by atoms with van der Waals surface area (Å²) >= 11 is 13.5. The number of fused-ring (bicyclic) bond motifs is 1. The van der Waals surface area contributed by atoms with Crippen LogP contribution in [0.4, 0.5) is 0 Å². The number of rotatable bonds is 8.